The molecule has 1 amide bonds. The molecule has 0 radical (unpaired) electrons. The fourth-order valence-electron chi connectivity index (χ4n) is 4.94. The maximum Gasteiger partial charge on any atom is 0.351 e. The van der Waals surface area contributed by atoms with Crippen molar-refractivity contribution in [2.75, 3.05) is 35.8 Å². The molecule has 0 spiro atoms. The number of nitrogens with zero attached hydrogens (tertiary/aromatic N) is 6. The van der Waals surface area contributed by atoms with Crippen molar-refractivity contribution < 1.29 is 14.6 Å². The highest BCUT2D eigenvalue weighted by atomic mass is 16.6. The second-order valence-electron chi connectivity index (χ2n) is 9.40. The zero-order valence-electron chi connectivity index (χ0n) is 20.6. The van der Waals surface area contributed by atoms with Gasteiger partial charge in [0.2, 0.25) is 0 Å². The molecule has 11 nitrogen and oxygen atoms in total. The van der Waals surface area contributed by atoms with Gasteiger partial charge in [-0.05, 0) is 25.5 Å². The number of carbonyl (C=O) groups is 1. The van der Waals surface area contributed by atoms with E-state index in [0.717, 1.165) is 5.82 Å². The highest BCUT2D eigenvalue weighted by Gasteiger charge is 2.63. The van der Waals surface area contributed by atoms with Crippen LogP contribution in [0.3, 0.4) is 0 Å². The minimum Gasteiger partial charge on any atom is -0.388 e. The van der Waals surface area contributed by atoms with Crippen LogP contribution in [-0.2, 0) is 4.74 Å². The van der Waals surface area contributed by atoms with E-state index < -0.39 is 29.7 Å². The van der Waals surface area contributed by atoms with Crippen molar-refractivity contribution in [1.29, 1.82) is 0 Å². The minimum absolute atomic E-state index is 0.183. The first-order valence-corrected chi connectivity index (χ1v) is 11.8. The van der Waals surface area contributed by atoms with E-state index >= 15 is 0 Å². The molecule has 0 unspecified atom stereocenters. The minimum atomic E-state index is -0.855. The zero-order valence-corrected chi connectivity index (χ0v) is 20.6. The lowest BCUT2D eigenvalue weighted by Gasteiger charge is -2.38. The van der Waals surface area contributed by atoms with Gasteiger partial charge in [-0.15, -0.1) is 0 Å². The number of anilines is 3. The van der Waals surface area contributed by atoms with E-state index in [1.54, 1.807) is 37.4 Å². The van der Waals surface area contributed by atoms with Crippen molar-refractivity contribution in [3.05, 3.63) is 70.5 Å². The Kier molecular flexibility index (Phi) is 5.97. The number of aliphatic hydroxyl groups excluding tert-OH is 1. The number of aliphatic hydroxyl groups is 1. The third-order valence-corrected chi connectivity index (χ3v) is 6.97. The lowest BCUT2D eigenvalue weighted by molar-refractivity contribution is -0.106. The van der Waals surface area contributed by atoms with Crippen molar-refractivity contribution in [3.8, 4) is 0 Å². The zero-order chi connectivity index (χ0) is 25.6. The molecule has 2 aromatic heterocycles. The van der Waals surface area contributed by atoms with Crippen LogP contribution in [0.5, 0.6) is 0 Å². The van der Waals surface area contributed by atoms with Crippen LogP contribution >= 0.6 is 0 Å². The van der Waals surface area contributed by atoms with Gasteiger partial charge in [-0.1, -0.05) is 25.1 Å². The topological polar surface area (TPSA) is 126 Å². The average molecular weight is 492 g/mol. The van der Waals surface area contributed by atoms with Gasteiger partial charge in [0.25, 0.3) is 5.91 Å². The number of rotatable bonds is 6. The predicted octanol–water partition coefficient (Wildman–Crippen LogP) is 1.59. The Labute approximate surface area is 208 Å². The fraction of sp³-hybridized carbons (Fsp3) is 0.400. The summed E-state index contributed by atoms with van der Waals surface area (Å²) in [5.74, 6) is 1.20. The molecule has 2 aliphatic rings. The number of amides is 1. The summed E-state index contributed by atoms with van der Waals surface area (Å²) in [6, 6.07) is 10.0. The van der Waals surface area contributed by atoms with Crippen molar-refractivity contribution in [1.82, 2.24) is 19.5 Å². The second-order valence-corrected chi connectivity index (χ2v) is 9.40. The van der Waals surface area contributed by atoms with Crippen LogP contribution in [0, 0.1) is 6.92 Å². The number of morpholine rings is 1. The van der Waals surface area contributed by atoms with E-state index in [-0.39, 0.29) is 11.7 Å². The lowest BCUT2D eigenvalue weighted by atomic mass is 9.96. The quantitative estimate of drug-likeness (QED) is 0.529. The van der Waals surface area contributed by atoms with Crippen LogP contribution in [0.2, 0.25) is 0 Å². The van der Waals surface area contributed by atoms with E-state index in [1.165, 1.54) is 10.9 Å². The van der Waals surface area contributed by atoms with Gasteiger partial charge in [0, 0.05) is 37.5 Å². The number of fused-ring (bicyclic) bond motifs is 2. The van der Waals surface area contributed by atoms with Crippen molar-refractivity contribution in [2.45, 2.75) is 44.2 Å². The number of hydrogen-bond acceptors (Lipinski definition) is 9. The standard InChI is InChI=1S/C25H29N7O4/c1-5-25-13-32(18-11-17(30(3)4)26-14-27-18)19(20(25)33)23(36-25)31-12-15(2)21(29-24(31)35)28-22(34)16-9-7-6-8-10-16/h6-12,14,19-20,23,33H,5,13H2,1-4H3,(H,28,29,34,35)/t19-,20+,23-,25+/m1/s1. The van der Waals surface area contributed by atoms with Gasteiger partial charge in [-0.3, -0.25) is 9.36 Å². The van der Waals surface area contributed by atoms with Gasteiger partial charge in [-0.2, -0.15) is 4.98 Å². The van der Waals surface area contributed by atoms with E-state index in [2.05, 4.69) is 20.3 Å². The number of benzene rings is 1. The molecule has 1 aromatic carbocycles. The molecular weight excluding hydrogens is 462 g/mol. The SMILES string of the molecule is CC[C@@]12CN(c3cc(N(C)C)ncn3)[C@@H]([C@H](n3cc(C)c(NC(=O)c4ccccc4)nc3=O)O1)[C@@H]2O. The monoisotopic (exact) mass is 491 g/mol. The van der Waals surface area contributed by atoms with Crippen LogP contribution in [0.25, 0.3) is 0 Å². The van der Waals surface area contributed by atoms with Gasteiger partial charge in [0.15, 0.2) is 6.23 Å². The molecule has 188 valence electrons. The first kappa shape index (κ1) is 23.9. The first-order valence-electron chi connectivity index (χ1n) is 11.8. The van der Waals surface area contributed by atoms with E-state index in [1.807, 2.05) is 43.0 Å². The molecule has 0 saturated carbocycles. The Hall–Kier alpha value is -3.83. The normalized spacial score (nSPS) is 24.7. The maximum absolute atomic E-state index is 13.1. The Morgan fingerprint density at radius 3 is 2.69 bits per heavy atom. The Balaban J connectivity index is 1.48. The summed E-state index contributed by atoms with van der Waals surface area (Å²) in [6.07, 6.45) is 2.02. The van der Waals surface area contributed by atoms with Gasteiger partial charge in [-0.25, -0.2) is 14.8 Å². The summed E-state index contributed by atoms with van der Waals surface area (Å²) in [5, 5.41) is 14.0. The lowest BCUT2D eigenvalue weighted by Crippen LogP contribution is -2.48. The highest BCUT2D eigenvalue weighted by molar-refractivity contribution is 6.04. The third-order valence-electron chi connectivity index (χ3n) is 6.97. The second kappa shape index (κ2) is 8.99. The van der Waals surface area contributed by atoms with E-state index in [9.17, 15) is 14.7 Å². The fourth-order valence-corrected chi connectivity index (χ4v) is 4.94. The summed E-state index contributed by atoms with van der Waals surface area (Å²) in [4.78, 5) is 42.4. The molecule has 2 bridgehead atoms. The Morgan fingerprint density at radius 1 is 1.28 bits per heavy atom. The van der Waals surface area contributed by atoms with Crippen LogP contribution in [0.4, 0.5) is 17.5 Å². The number of aromatic nitrogens is 4. The molecule has 2 aliphatic heterocycles. The van der Waals surface area contributed by atoms with Crippen molar-refractivity contribution >= 4 is 23.4 Å². The predicted molar refractivity (Wildman–Crippen MR) is 134 cm³/mol. The Bertz CT molecular complexity index is 1350. The molecule has 2 fully saturated rings. The Morgan fingerprint density at radius 2 is 2.03 bits per heavy atom. The van der Waals surface area contributed by atoms with E-state index in [4.69, 9.17) is 4.74 Å². The highest BCUT2D eigenvalue weighted by Crippen LogP contribution is 2.49. The number of hydrogen-bond donors (Lipinski definition) is 2. The number of nitrogens with one attached hydrogen (secondary N) is 1. The van der Waals surface area contributed by atoms with E-state index in [0.29, 0.717) is 29.9 Å². The summed E-state index contributed by atoms with van der Waals surface area (Å²) in [7, 11) is 3.78. The summed E-state index contributed by atoms with van der Waals surface area (Å²) < 4.78 is 7.73. The summed E-state index contributed by atoms with van der Waals surface area (Å²) >= 11 is 0. The van der Waals surface area contributed by atoms with Crippen LogP contribution in [0.1, 0.15) is 35.5 Å². The smallest absolute Gasteiger partial charge is 0.351 e. The summed E-state index contributed by atoms with van der Waals surface area (Å²) in [6.45, 7) is 4.14. The molecule has 3 aromatic rings. The number of aryl methyl sites for hydroxylation is 1. The van der Waals surface area contributed by atoms with Gasteiger partial charge in [0.05, 0.1) is 6.54 Å². The van der Waals surface area contributed by atoms with Crippen molar-refractivity contribution in [2.24, 2.45) is 0 Å². The van der Waals surface area contributed by atoms with Crippen molar-refractivity contribution in [3.63, 3.8) is 0 Å². The third kappa shape index (κ3) is 3.90. The number of ether oxygens (including phenoxy) is 1. The van der Waals surface area contributed by atoms with Gasteiger partial charge >= 0.3 is 5.69 Å². The summed E-state index contributed by atoms with van der Waals surface area (Å²) in [5.41, 5.74) is -0.387. The molecule has 2 saturated heterocycles. The molecule has 36 heavy (non-hydrogen) atoms. The van der Waals surface area contributed by atoms with Gasteiger partial charge in [0.1, 0.15) is 41.5 Å². The average Bonchev–Trinajstić information content (AvgIpc) is 3.33. The number of carbonyl (C=O) groups excluding carboxylic acids is 1. The van der Waals surface area contributed by atoms with Crippen LogP contribution in [-0.4, -0.2) is 68.9 Å². The molecule has 0 aliphatic carbocycles. The van der Waals surface area contributed by atoms with Crippen LogP contribution in [0.15, 0.2) is 53.7 Å². The first-order chi connectivity index (χ1) is 17.2. The molecule has 2 N–H and O–H groups in total. The molecule has 5 rings (SSSR count). The molecule has 4 heterocycles. The van der Waals surface area contributed by atoms with Gasteiger partial charge < -0.3 is 25.0 Å². The van der Waals surface area contributed by atoms with Crippen LogP contribution < -0.4 is 20.8 Å². The maximum atomic E-state index is 13.1. The largest absolute Gasteiger partial charge is 0.388 e. The molecule has 4 atom stereocenters. The molecular formula is C25H29N7O4. The molecule has 11 heteroatoms.